The van der Waals surface area contributed by atoms with Crippen LogP contribution in [0.5, 0.6) is 0 Å². The number of rotatable bonds is 7. The van der Waals surface area contributed by atoms with Gasteiger partial charge in [0.25, 0.3) is 0 Å². The van der Waals surface area contributed by atoms with Crippen LogP contribution in [0, 0.1) is 13.8 Å². The summed E-state index contributed by atoms with van der Waals surface area (Å²) in [6.07, 6.45) is 0.833. The molecule has 0 radical (unpaired) electrons. The van der Waals surface area contributed by atoms with Gasteiger partial charge in [-0.3, -0.25) is 14.5 Å². The van der Waals surface area contributed by atoms with Gasteiger partial charge < -0.3 is 5.32 Å². The number of amides is 2. The first kappa shape index (κ1) is 25.3. The van der Waals surface area contributed by atoms with E-state index in [1.807, 2.05) is 35.9 Å². The van der Waals surface area contributed by atoms with E-state index >= 15 is 0 Å². The number of aromatic nitrogens is 2. The second-order valence-electron chi connectivity index (χ2n) is 9.23. The first-order valence-corrected chi connectivity index (χ1v) is 14.4. The summed E-state index contributed by atoms with van der Waals surface area (Å²) in [5.74, 6) is 0.678. The zero-order valence-electron chi connectivity index (χ0n) is 21.2. The van der Waals surface area contributed by atoms with Crippen LogP contribution in [-0.4, -0.2) is 40.4 Å². The predicted molar refractivity (Wildman–Crippen MR) is 153 cm³/mol. The Morgan fingerprint density at radius 1 is 1.14 bits per heavy atom. The molecule has 0 saturated carbocycles. The highest BCUT2D eigenvalue weighted by Gasteiger charge is 2.38. The van der Waals surface area contributed by atoms with Crippen LogP contribution in [0.3, 0.4) is 0 Å². The SMILES string of the molecule is CCCNC(=O)CN1C(=O)CS[C@@H](c2ccsc2)c2c(-c3ccccc3)nn(-c3ccc(C)cc3C)c21. The minimum absolute atomic E-state index is 0.0480. The van der Waals surface area contributed by atoms with E-state index in [1.54, 1.807) is 28.0 Å². The molecule has 1 atom stereocenters. The normalized spacial score (nSPS) is 15.4. The maximum absolute atomic E-state index is 13.7. The molecule has 6 nitrogen and oxygen atoms in total. The Morgan fingerprint density at radius 2 is 1.95 bits per heavy atom. The Morgan fingerprint density at radius 3 is 2.65 bits per heavy atom. The van der Waals surface area contributed by atoms with E-state index in [1.165, 1.54) is 0 Å². The Bertz CT molecular complexity index is 1410. The van der Waals surface area contributed by atoms with E-state index in [4.69, 9.17) is 5.10 Å². The maximum Gasteiger partial charge on any atom is 0.240 e. The van der Waals surface area contributed by atoms with Gasteiger partial charge in [-0.1, -0.05) is 55.0 Å². The van der Waals surface area contributed by atoms with Crippen LogP contribution in [0.2, 0.25) is 0 Å². The number of fused-ring (bicyclic) bond motifs is 1. The van der Waals surface area contributed by atoms with E-state index < -0.39 is 0 Å². The quantitative estimate of drug-likeness (QED) is 0.322. The Balaban J connectivity index is 1.79. The molecule has 8 heteroatoms. The third-order valence-electron chi connectivity index (χ3n) is 6.44. The van der Waals surface area contributed by atoms with Crippen LogP contribution in [0.25, 0.3) is 16.9 Å². The molecule has 2 aromatic carbocycles. The molecule has 0 spiro atoms. The van der Waals surface area contributed by atoms with Crippen molar-refractivity contribution in [2.24, 2.45) is 0 Å². The average Bonchev–Trinajstić information content (AvgIpc) is 3.53. The Hall–Kier alpha value is -3.36. The van der Waals surface area contributed by atoms with Crippen LogP contribution in [-0.2, 0) is 9.59 Å². The number of aryl methyl sites for hydroxylation is 2. The molecule has 1 aliphatic rings. The van der Waals surface area contributed by atoms with Crippen LogP contribution in [0.1, 0.15) is 40.8 Å². The minimum atomic E-state index is -0.172. The molecule has 3 heterocycles. The smallest absolute Gasteiger partial charge is 0.240 e. The number of carbonyl (C=O) groups excluding carboxylic acids is 2. The van der Waals surface area contributed by atoms with Crippen molar-refractivity contribution in [3.05, 3.63) is 87.6 Å². The highest BCUT2D eigenvalue weighted by molar-refractivity contribution is 8.00. The minimum Gasteiger partial charge on any atom is -0.355 e. The molecule has 2 aromatic heterocycles. The van der Waals surface area contributed by atoms with Crippen molar-refractivity contribution in [3.63, 3.8) is 0 Å². The van der Waals surface area contributed by atoms with Crippen LogP contribution in [0.15, 0.2) is 65.4 Å². The van der Waals surface area contributed by atoms with E-state index in [0.717, 1.165) is 45.6 Å². The van der Waals surface area contributed by atoms with Gasteiger partial charge in [-0.25, -0.2) is 4.68 Å². The molecule has 5 rings (SSSR count). The summed E-state index contributed by atoms with van der Waals surface area (Å²) in [6, 6.07) is 18.4. The largest absolute Gasteiger partial charge is 0.355 e. The lowest BCUT2D eigenvalue weighted by Crippen LogP contribution is -2.42. The standard InChI is InChI=1S/C29H30N4O2S2/c1-4-13-30-24(34)16-32-25(35)18-37-28(22-12-14-36-17-22)26-27(21-8-6-5-7-9-21)31-33(29(26)32)23-11-10-19(2)15-20(23)3/h5-12,14-15,17,28H,4,13,16,18H2,1-3H3,(H,30,34)/t28-/m0/s1. The van der Waals surface area contributed by atoms with Crippen molar-refractivity contribution >= 4 is 40.7 Å². The van der Waals surface area contributed by atoms with E-state index in [9.17, 15) is 9.59 Å². The van der Waals surface area contributed by atoms with Crippen molar-refractivity contribution < 1.29 is 9.59 Å². The predicted octanol–water partition coefficient (Wildman–Crippen LogP) is 5.91. The van der Waals surface area contributed by atoms with Gasteiger partial charge in [0.2, 0.25) is 11.8 Å². The fraction of sp³-hybridized carbons (Fsp3) is 0.276. The molecular formula is C29H30N4O2S2. The molecule has 190 valence electrons. The number of thiophene rings is 1. The summed E-state index contributed by atoms with van der Waals surface area (Å²) in [4.78, 5) is 28.2. The zero-order chi connectivity index (χ0) is 25.9. The van der Waals surface area contributed by atoms with Crippen LogP contribution >= 0.6 is 23.1 Å². The molecule has 37 heavy (non-hydrogen) atoms. The first-order valence-electron chi connectivity index (χ1n) is 12.4. The molecule has 1 aliphatic heterocycles. The zero-order valence-corrected chi connectivity index (χ0v) is 22.9. The van der Waals surface area contributed by atoms with Gasteiger partial charge in [-0.2, -0.15) is 16.4 Å². The van der Waals surface area contributed by atoms with Gasteiger partial charge in [0.1, 0.15) is 12.4 Å². The molecule has 2 amide bonds. The van der Waals surface area contributed by atoms with E-state index in [0.29, 0.717) is 12.4 Å². The number of nitrogens with one attached hydrogen (secondary N) is 1. The lowest BCUT2D eigenvalue weighted by Gasteiger charge is -2.23. The Labute approximate surface area is 225 Å². The van der Waals surface area contributed by atoms with E-state index in [2.05, 4.69) is 60.3 Å². The monoisotopic (exact) mass is 530 g/mol. The van der Waals surface area contributed by atoms with Crippen molar-refractivity contribution in [2.45, 2.75) is 32.4 Å². The third-order valence-corrected chi connectivity index (χ3v) is 8.39. The van der Waals surface area contributed by atoms with Gasteiger partial charge in [0, 0.05) is 17.7 Å². The summed E-state index contributed by atoms with van der Waals surface area (Å²) < 4.78 is 1.88. The second-order valence-corrected chi connectivity index (χ2v) is 11.1. The molecule has 0 saturated heterocycles. The number of nitrogens with zero attached hydrogens (tertiary/aromatic N) is 3. The van der Waals surface area contributed by atoms with Gasteiger partial charge in [-0.05, 0) is 54.3 Å². The molecule has 1 N–H and O–H groups in total. The topological polar surface area (TPSA) is 67.2 Å². The van der Waals surface area contributed by atoms with Crippen molar-refractivity contribution in [3.8, 4) is 16.9 Å². The molecule has 0 fully saturated rings. The van der Waals surface area contributed by atoms with Crippen molar-refractivity contribution in [2.75, 3.05) is 23.7 Å². The molecule has 4 aromatic rings. The highest BCUT2D eigenvalue weighted by atomic mass is 32.2. The number of carbonyl (C=O) groups is 2. The number of benzene rings is 2. The summed E-state index contributed by atoms with van der Waals surface area (Å²) in [7, 11) is 0. The summed E-state index contributed by atoms with van der Waals surface area (Å²) in [5, 5.41) is 12.2. The lowest BCUT2D eigenvalue weighted by atomic mass is 10.0. The average molecular weight is 531 g/mol. The number of thioether (sulfide) groups is 1. The van der Waals surface area contributed by atoms with E-state index in [-0.39, 0.29) is 29.4 Å². The summed E-state index contributed by atoms with van der Waals surface area (Å²) in [5.41, 5.74) is 7.01. The van der Waals surface area contributed by atoms with Gasteiger partial charge in [0.15, 0.2) is 0 Å². The van der Waals surface area contributed by atoms with Gasteiger partial charge in [0.05, 0.1) is 22.4 Å². The molecule has 0 unspecified atom stereocenters. The number of anilines is 1. The molecule has 0 aliphatic carbocycles. The number of hydrogen-bond acceptors (Lipinski definition) is 5. The third kappa shape index (κ3) is 5.08. The summed E-state index contributed by atoms with van der Waals surface area (Å²) in [6.45, 7) is 6.66. The van der Waals surface area contributed by atoms with Crippen molar-refractivity contribution in [1.82, 2.24) is 15.1 Å². The van der Waals surface area contributed by atoms with Crippen LogP contribution < -0.4 is 10.2 Å². The van der Waals surface area contributed by atoms with Crippen LogP contribution in [0.4, 0.5) is 5.82 Å². The van der Waals surface area contributed by atoms with Gasteiger partial charge >= 0.3 is 0 Å². The fourth-order valence-corrected chi connectivity index (χ4v) is 6.65. The molecular weight excluding hydrogens is 500 g/mol. The van der Waals surface area contributed by atoms with Gasteiger partial charge in [-0.15, -0.1) is 11.8 Å². The first-order chi connectivity index (χ1) is 18.0. The second kappa shape index (κ2) is 10.9. The lowest BCUT2D eigenvalue weighted by molar-refractivity contribution is -0.122. The maximum atomic E-state index is 13.7. The fourth-order valence-electron chi connectivity index (χ4n) is 4.69. The highest BCUT2D eigenvalue weighted by Crippen LogP contribution is 2.49. The number of hydrogen-bond donors (Lipinski definition) is 1. The van der Waals surface area contributed by atoms with Crippen molar-refractivity contribution in [1.29, 1.82) is 0 Å². The Kier molecular flexibility index (Phi) is 7.48. The molecule has 0 bridgehead atoms. The summed E-state index contributed by atoms with van der Waals surface area (Å²) >= 11 is 3.24.